The maximum absolute atomic E-state index is 13.5. The van der Waals surface area contributed by atoms with Crippen LogP contribution >= 0.6 is 11.8 Å². The molecule has 1 aliphatic heterocycles. The van der Waals surface area contributed by atoms with Crippen LogP contribution in [0.4, 0.5) is 11.6 Å². The highest BCUT2D eigenvalue weighted by Gasteiger charge is 2.35. The van der Waals surface area contributed by atoms with Crippen molar-refractivity contribution in [1.29, 1.82) is 0 Å². The summed E-state index contributed by atoms with van der Waals surface area (Å²) in [6, 6.07) is 14.3. The topological polar surface area (TPSA) is 90.3 Å². The fourth-order valence-electron chi connectivity index (χ4n) is 3.56. The summed E-state index contributed by atoms with van der Waals surface area (Å²) in [5, 5.41) is 11.4. The van der Waals surface area contributed by atoms with E-state index in [-0.39, 0.29) is 5.91 Å². The average Bonchev–Trinajstić information content (AvgIpc) is 3.21. The molecule has 160 valence electrons. The predicted molar refractivity (Wildman–Crippen MR) is 121 cm³/mol. The van der Waals surface area contributed by atoms with Crippen LogP contribution in [0, 0.1) is 0 Å². The monoisotopic (exact) mass is 437 g/mol. The van der Waals surface area contributed by atoms with Crippen LogP contribution in [0.25, 0.3) is 0 Å². The summed E-state index contributed by atoms with van der Waals surface area (Å²) in [7, 11) is 3.22. The van der Waals surface area contributed by atoms with Gasteiger partial charge in [0.05, 0.1) is 19.8 Å². The maximum Gasteiger partial charge on any atom is 0.255 e. The number of fused-ring (bicyclic) bond motifs is 1. The standard InChI is InChI=1S/C22H23N5O3S/c1-13-18(20(28)24-14-9-11-15(29-2)12-10-14)19(16-7-5-6-8-17(16)30-3)27-21(23-13)25-22(26-27)31-4/h5-12,19H,1-4H3,(H,24,28)(H,23,25,26)/t19-/m0/s1. The van der Waals surface area contributed by atoms with Gasteiger partial charge in [-0.15, -0.1) is 5.10 Å². The van der Waals surface area contributed by atoms with Gasteiger partial charge in [-0.05, 0) is 43.5 Å². The number of para-hydroxylation sites is 1. The molecule has 0 aliphatic carbocycles. The molecule has 4 rings (SSSR count). The van der Waals surface area contributed by atoms with E-state index >= 15 is 0 Å². The van der Waals surface area contributed by atoms with Crippen molar-refractivity contribution in [1.82, 2.24) is 14.8 Å². The van der Waals surface area contributed by atoms with E-state index in [0.29, 0.717) is 33.8 Å². The van der Waals surface area contributed by atoms with E-state index in [1.54, 1.807) is 43.2 Å². The zero-order valence-corrected chi connectivity index (χ0v) is 18.5. The van der Waals surface area contributed by atoms with Crippen LogP contribution in [0.3, 0.4) is 0 Å². The molecule has 0 fully saturated rings. The molecule has 1 atom stereocenters. The number of hydrogen-bond donors (Lipinski definition) is 2. The molecule has 0 saturated heterocycles. The van der Waals surface area contributed by atoms with Crippen molar-refractivity contribution in [3.8, 4) is 11.5 Å². The third-order valence-corrected chi connectivity index (χ3v) is 5.58. The van der Waals surface area contributed by atoms with Crippen molar-refractivity contribution < 1.29 is 14.3 Å². The number of anilines is 2. The lowest BCUT2D eigenvalue weighted by Crippen LogP contribution is -2.31. The number of ether oxygens (including phenoxy) is 2. The molecule has 2 heterocycles. The Labute approximate surface area is 184 Å². The first kappa shape index (κ1) is 20.8. The van der Waals surface area contributed by atoms with Crippen molar-refractivity contribution in [3.63, 3.8) is 0 Å². The Kier molecular flexibility index (Phi) is 5.85. The molecule has 1 aliphatic rings. The van der Waals surface area contributed by atoms with Crippen LogP contribution in [0.1, 0.15) is 18.5 Å². The number of methoxy groups -OCH3 is 2. The molecule has 0 unspecified atom stereocenters. The number of aromatic nitrogens is 3. The second-order valence-corrected chi connectivity index (χ2v) is 7.63. The average molecular weight is 438 g/mol. The predicted octanol–water partition coefficient (Wildman–Crippen LogP) is 3.94. The smallest absolute Gasteiger partial charge is 0.255 e. The van der Waals surface area contributed by atoms with E-state index in [2.05, 4.69) is 20.7 Å². The number of amides is 1. The van der Waals surface area contributed by atoms with Gasteiger partial charge in [-0.25, -0.2) is 4.68 Å². The Bertz CT molecular complexity index is 1140. The normalized spacial score (nSPS) is 15.2. The van der Waals surface area contributed by atoms with Gasteiger partial charge in [-0.1, -0.05) is 30.0 Å². The zero-order valence-electron chi connectivity index (χ0n) is 17.7. The fourth-order valence-corrected chi connectivity index (χ4v) is 3.91. The number of hydrogen-bond acceptors (Lipinski definition) is 7. The molecule has 1 aromatic heterocycles. The number of benzene rings is 2. The van der Waals surface area contributed by atoms with E-state index in [9.17, 15) is 4.79 Å². The molecule has 2 N–H and O–H groups in total. The van der Waals surface area contributed by atoms with Crippen LogP contribution in [0.15, 0.2) is 65.0 Å². The van der Waals surface area contributed by atoms with Crippen molar-refractivity contribution in [3.05, 3.63) is 65.4 Å². The van der Waals surface area contributed by atoms with E-state index in [0.717, 1.165) is 11.3 Å². The summed E-state index contributed by atoms with van der Waals surface area (Å²) in [4.78, 5) is 18.0. The Balaban J connectivity index is 1.78. The lowest BCUT2D eigenvalue weighted by Gasteiger charge is -2.29. The molecule has 3 aromatic rings. The van der Waals surface area contributed by atoms with E-state index in [4.69, 9.17) is 9.47 Å². The number of rotatable bonds is 6. The molecule has 0 saturated carbocycles. The fraction of sp³-hybridized carbons (Fsp3) is 0.227. The van der Waals surface area contributed by atoms with Crippen LogP contribution in [0.2, 0.25) is 0 Å². The number of carbonyl (C=O) groups excluding carboxylic acids is 1. The lowest BCUT2D eigenvalue weighted by molar-refractivity contribution is -0.113. The lowest BCUT2D eigenvalue weighted by atomic mass is 9.94. The molecule has 31 heavy (non-hydrogen) atoms. The van der Waals surface area contributed by atoms with Crippen LogP contribution in [-0.4, -0.2) is 41.1 Å². The van der Waals surface area contributed by atoms with E-state index < -0.39 is 6.04 Å². The summed E-state index contributed by atoms with van der Waals surface area (Å²) < 4.78 is 12.5. The number of allylic oxidation sites excluding steroid dienone is 1. The van der Waals surface area contributed by atoms with E-state index in [1.807, 2.05) is 37.4 Å². The summed E-state index contributed by atoms with van der Waals surface area (Å²) in [6.45, 7) is 1.86. The number of nitrogens with zero attached hydrogens (tertiary/aromatic N) is 3. The minimum Gasteiger partial charge on any atom is -0.497 e. The van der Waals surface area contributed by atoms with Gasteiger partial charge >= 0.3 is 0 Å². The summed E-state index contributed by atoms with van der Waals surface area (Å²) in [6.07, 6.45) is 1.91. The van der Waals surface area contributed by atoms with Gasteiger partial charge in [0.15, 0.2) is 0 Å². The molecular weight excluding hydrogens is 414 g/mol. The first-order valence-electron chi connectivity index (χ1n) is 9.62. The molecule has 2 aromatic carbocycles. The molecular formula is C22H23N5O3S. The third kappa shape index (κ3) is 3.96. The number of nitrogens with one attached hydrogen (secondary N) is 2. The molecule has 0 radical (unpaired) electrons. The van der Waals surface area contributed by atoms with Crippen LogP contribution in [0.5, 0.6) is 11.5 Å². The van der Waals surface area contributed by atoms with Gasteiger partial charge in [0, 0.05) is 16.9 Å². The first-order chi connectivity index (χ1) is 15.0. The molecule has 9 heteroatoms. The first-order valence-corrected chi connectivity index (χ1v) is 10.8. The minimum absolute atomic E-state index is 0.238. The van der Waals surface area contributed by atoms with Gasteiger partial charge in [0.2, 0.25) is 11.1 Å². The SMILES string of the molecule is COc1ccc(NC(=O)C2=C(C)Nc3nc(SC)nn3[C@H]2c2ccccc2OC)cc1. The van der Waals surface area contributed by atoms with Gasteiger partial charge in [0.25, 0.3) is 5.91 Å². The number of carbonyl (C=O) groups is 1. The van der Waals surface area contributed by atoms with Crippen molar-refractivity contribution >= 4 is 29.3 Å². The van der Waals surface area contributed by atoms with Gasteiger partial charge in [-0.2, -0.15) is 4.98 Å². The highest BCUT2D eigenvalue weighted by atomic mass is 32.2. The maximum atomic E-state index is 13.5. The van der Waals surface area contributed by atoms with Gasteiger partial charge in [0.1, 0.15) is 17.5 Å². The Morgan fingerprint density at radius 1 is 1.13 bits per heavy atom. The Morgan fingerprint density at radius 2 is 1.87 bits per heavy atom. The largest absolute Gasteiger partial charge is 0.497 e. The zero-order chi connectivity index (χ0) is 22.0. The highest BCUT2D eigenvalue weighted by molar-refractivity contribution is 7.98. The second-order valence-electron chi connectivity index (χ2n) is 6.86. The summed E-state index contributed by atoms with van der Waals surface area (Å²) in [5.74, 6) is 1.73. The van der Waals surface area contributed by atoms with Crippen LogP contribution < -0.4 is 20.1 Å². The third-order valence-electron chi connectivity index (χ3n) is 5.04. The Hall–Kier alpha value is -3.46. The highest BCUT2D eigenvalue weighted by Crippen LogP contribution is 2.39. The summed E-state index contributed by atoms with van der Waals surface area (Å²) >= 11 is 1.44. The summed E-state index contributed by atoms with van der Waals surface area (Å²) in [5.41, 5.74) is 2.73. The van der Waals surface area contributed by atoms with Gasteiger partial charge in [-0.3, -0.25) is 4.79 Å². The van der Waals surface area contributed by atoms with Crippen LogP contribution in [-0.2, 0) is 4.79 Å². The Morgan fingerprint density at radius 3 is 2.55 bits per heavy atom. The van der Waals surface area contributed by atoms with E-state index in [1.165, 1.54) is 11.8 Å². The van der Waals surface area contributed by atoms with Crippen molar-refractivity contribution in [2.75, 3.05) is 31.1 Å². The second kappa shape index (κ2) is 8.73. The van der Waals surface area contributed by atoms with Gasteiger partial charge < -0.3 is 20.1 Å². The van der Waals surface area contributed by atoms with Crippen molar-refractivity contribution in [2.45, 2.75) is 18.1 Å². The number of thioether (sulfide) groups is 1. The quantitative estimate of drug-likeness (QED) is 0.565. The molecule has 8 nitrogen and oxygen atoms in total. The minimum atomic E-state index is -0.501. The molecule has 0 bridgehead atoms. The van der Waals surface area contributed by atoms with Crippen molar-refractivity contribution in [2.24, 2.45) is 0 Å². The molecule has 1 amide bonds. The molecule has 0 spiro atoms.